The molecule has 0 N–H and O–H groups in total. The average Bonchev–Trinajstić information content (AvgIpc) is 3.83. The Morgan fingerprint density at radius 3 is 1.62 bits per heavy atom. The van der Waals surface area contributed by atoms with Gasteiger partial charge in [-0.05, 0) is 63.0 Å². The van der Waals surface area contributed by atoms with Crippen LogP contribution in [0.1, 0.15) is 0 Å². The van der Waals surface area contributed by atoms with Crippen LogP contribution in [0.15, 0.2) is 186 Å². The lowest BCUT2D eigenvalue weighted by molar-refractivity contribution is 0.666. The lowest BCUT2D eigenvalue weighted by atomic mass is 9.92. The topological polar surface area (TPSA) is 56.7 Å². The van der Waals surface area contributed by atoms with Crippen LogP contribution in [-0.2, 0) is 0 Å². The number of furan rings is 1. The molecule has 0 bridgehead atoms. The van der Waals surface area contributed by atoms with Gasteiger partial charge in [-0.1, -0.05) is 152 Å². The van der Waals surface area contributed by atoms with Gasteiger partial charge < -0.3 is 8.98 Å². The third kappa shape index (κ3) is 4.52. The summed E-state index contributed by atoms with van der Waals surface area (Å²) in [6, 6.07) is 63.7. The summed E-state index contributed by atoms with van der Waals surface area (Å²) in [6.07, 6.45) is 0. The molecule has 9 aromatic carbocycles. The van der Waals surface area contributed by atoms with Crippen molar-refractivity contribution in [1.82, 2.24) is 19.5 Å². The van der Waals surface area contributed by atoms with Crippen molar-refractivity contribution in [2.75, 3.05) is 0 Å². The van der Waals surface area contributed by atoms with Gasteiger partial charge in [0.1, 0.15) is 5.58 Å². The molecular weight excluding hydrogens is 685 g/mol. The summed E-state index contributed by atoms with van der Waals surface area (Å²) in [6.45, 7) is 0. The molecule has 3 heterocycles. The molecule has 0 aliphatic heterocycles. The Balaban J connectivity index is 1.16. The van der Waals surface area contributed by atoms with E-state index >= 15 is 0 Å². The molecule has 0 fully saturated rings. The molecule has 5 heteroatoms. The number of nitrogens with zero attached hydrogens (tertiary/aromatic N) is 4. The second kappa shape index (κ2) is 11.9. The molecule has 0 atom stereocenters. The molecule has 0 amide bonds. The minimum Gasteiger partial charge on any atom is -0.454 e. The lowest BCUT2D eigenvalue weighted by Gasteiger charge is -2.11. The molecule has 12 rings (SSSR count). The first-order valence-electron chi connectivity index (χ1n) is 18.9. The molecule has 0 saturated heterocycles. The highest BCUT2D eigenvalue weighted by molar-refractivity contribution is 6.35. The fourth-order valence-corrected chi connectivity index (χ4v) is 8.76. The van der Waals surface area contributed by atoms with Gasteiger partial charge in [-0.3, -0.25) is 0 Å². The average molecular weight is 715 g/mol. The van der Waals surface area contributed by atoms with Gasteiger partial charge in [-0.15, -0.1) is 0 Å². The van der Waals surface area contributed by atoms with Crippen molar-refractivity contribution in [3.05, 3.63) is 182 Å². The minimum atomic E-state index is 0.596. The zero-order chi connectivity index (χ0) is 36.7. The number of para-hydroxylation sites is 1. The molecule has 56 heavy (non-hydrogen) atoms. The van der Waals surface area contributed by atoms with Crippen molar-refractivity contribution in [1.29, 1.82) is 0 Å². The Labute approximate surface area is 321 Å². The van der Waals surface area contributed by atoms with Gasteiger partial charge in [0.05, 0.1) is 16.7 Å². The van der Waals surface area contributed by atoms with E-state index in [2.05, 4.69) is 114 Å². The summed E-state index contributed by atoms with van der Waals surface area (Å²) >= 11 is 0. The first-order valence-corrected chi connectivity index (χ1v) is 18.9. The molecule has 5 nitrogen and oxygen atoms in total. The maximum absolute atomic E-state index is 6.96. The van der Waals surface area contributed by atoms with E-state index in [1.807, 2.05) is 72.8 Å². The van der Waals surface area contributed by atoms with Crippen molar-refractivity contribution < 1.29 is 4.42 Å². The van der Waals surface area contributed by atoms with Crippen LogP contribution in [0.4, 0.5) is 0 Å². The SMILES string of the molecule is c1ccc(-c2cc3c4ccccc4c4cccc5c4c3c(c2)n5-c2cccc3c2oc2cccc(-c4nc(-c5ccccc5)nc(-c5ccccc5)n4)c23)cc1. The predicted molar refractivity (Wildman–Crippen MR) is 229 cm³/mol. The first kappa shape index (κ1) is 30.8. The number of aromatic nitrogens is 4. The van der Waals surface area contributed by atoms with E-state index in [9.17, 15) is 0 Å². The van der Waals surface area contributed by atoms with E-state index in [-0.39, 0.29) is 0 Å². The minimum absolute atomic E-state index is 0.596. The standard InChI is InChI=1S/C51H30N4O/c1-4-15-31(16-5-1)34-29-40-36-22-11-10-21-35(36)37-23-12-26-41-46(37)47(40)43(30-34)55(41)42-27-13-24-38-45-39(25-14-28-44(45)56-48(38)42)51-53-49(32-17-6-2-7-18-32)52-50(54-51)33-19-8-3-9-20-33/h1-30H. The number of benzene rings is 9. The summed E-state index contributed by atoms with van der Waals surface area (Å²) in [7, 11) is 0. The molecule has 0 aliphatic carbocycles. The van der Waals surface area contributed by atoms with Crippen LogP contribution in [0.2, 0.25) is 0 Å². The highest BCUT2D eigenvalue weighted by atomic mass is 16.3. The highest BCUT2D eigenvalue weighted by Crippen LogP contribution is 2.47. The first-order chi connectivity index (χ1) is 27.8. The van der Waals surface area contributed by atoms with Gasteiger partial charge in [-0.2, -0.15) is 0 Å². The predicted octanol–water partition coefficient (Wildman–Crippen LogP) is 13.3. The summed E-state index contributed by atoms with van der Waals surface area (Å²) < 4.78 is 9.37. The van der Waals surface area contributed by atoms with Crippen molar-refractivity contribution in [2.45, 2.75) is 0 Å². The van der Waals surface area contributed by atoms with Gasteiger partial charge in [-0.25, -0.2) is 15.0 Å². The largest absolute Gasteiger partial charge is 0.454 e. The molecular formula is C51H30N4O. The zero-order valence-corrected chi connectivity index (χ0v) is 30.0. The molecule has 260 valence electrons. The Bertz CT molecular complexity index is 3400. The molecule has 0 spiro atoms. The van der Waals surface area contributed by atoms with E-state index in [1.165, 1.54) is 43.4 Å². The molecule has 0 unspecified atom stereocenters. The fraction of sp³-hybridized carbons (Fsp3) is 0. The van der Waals surface area contributed by atoms with Crippen LogP contribution in [0, 0.1) is 0 Å². The molecule has 0 saturated carbocycles. The summed E-state index contributed by atoms with van der Waals surface area (Å²) in [5, 5.41) is 9.49. The third-order valence-corrected chi connectivity index (χ3v) is 11.2. The molecule has 0 aliphatic rings. The molecule has 3 aromatic heterocycles. The van der Waals surface area contributed by atoms with Crippen LogP contribution in [0.25, 0.3) is 116 Å². The van der Waals surface area contributed by atoms with E-state index in [1.54, 1.807) is 0 Å². The van der Waals surface area contributed by atoms with Crippen LogP contribution >= 0.6 is 0 Å². The number of fused-ring (bicyclic) bond motifs is 6. The smallest absolute Gasteiger partial charge is 0.164 e. The van der Waals surface area contributed by atoms with E-state index in [0.29, 0.717) is 17.5 Å². The summed E-state index contributed by atoms with van der Waals surface area (Å²) in [5.74, 6) is 1.84. The van der Waals surface area contributed by atoms with Gasteiger partial charge in [0.25, 0.3) is 0 Å². The van der Waals surface area contributed by atoms with Gasteiger partial charge >= 0.3 is 0 Å². The monoisotopic (exact) mass is 714 g/mol. The van der Waals surface area contributed by atoms with Crippen molar-refractivity contribution >= 4 is 65.3 Å². The quantitative estimate of drug-likeness (QED) is 0.167. The van der Waals surface area contributed by atoms with Crippen LogP contribution in [-0.4, -0.2) is 19.5 Å². The van der Waals surface area contributed by atoms with Crippen LogP contribution in [0.5, 0.6) is 0 Å². The Kier molecular flexibility index (Phi) is 6.56. The van der Waals surface area contributed by atoms with Gasteiger partial charge in [0, 0.05) is 38.2 Å². The van der Waals surface area contributed by atoms with Crippen molar-refractivity contribution in [3.63, 3.8) is 0 Å². The third-order valence-electron chi connectivity index (χ3n) is 11.2. The zero-order valence-electron chi connectivity index (χ0n) is 30.0. The maximum Gasteiger partial charge on any atom is 0.164 e. The Hall–Kier alpha value is -7.63. The number of hydrogen-bond acceptors (Lipinski definition) is 4. The van der Waals surface area contributed by atoms with Crippen molar-refractivity contribution in [2.24, 2.45) is 0 Å². The lowest BCUT2D eigenvalue weighted by Crippen LogP contribution is -2.00. The second-order valence-electron chi connectivity index (χ2n) is 14.3. The summed E-state index contributed by atoms with van der Waals surface area (Å²) in [4.78, 5) is 15.2. The van der Waals surface area contributed by atoms with Gasteiger partial charge in [0.15, 0.2) is 23.1 Å². The van der Waals surface area contributed by atoms with Gasteiger partial charge in [0.2, 0.25) is 0 Å². The van der Waals surface area contributed by atoms with E-state index in [0.717, 1.165) is 55.3 Å². The Morgan fingerprint density at radius 2 is 0.911 bits per heavy atom. The summed E-state index contributed by atoms with van der Waals surface area (Å²) in [5.41, 5.74) is 9.95. The Morgan fingerprint density at radius 1 is 0.357 bits per heavy atom. The maximum atomic E-state index is 6.96. The second-order valence-corrected chi connectivity index (χ2v) is 14.3. The number of hydrogen-bond donors (Lipinski definition) is 0. The normalized spacial score (nSPS) is 11.9. The van der Waals surface area contributed by atoms with Crippen LogP contribution in [0.3, 0.4) is 0 Å². The molecule has 0 radical (unpaired) electrons. The number of rotatable bonds is 5. The fourth-order valence-electron chi connectivity index (χ4n) is 8.76. The van der Waals surface area contributed by atoms with Crippen molar-refractivity contribution in [3.8, 4) is 51.0 Å². The van der Waals surface area contributed by atoms with E-state index < -0.39 is 0 Å². The molecule has 12 aromatic rings. The van der Waals surface area contributed by atoms with Crippen LogP contribution < -0.4 is 0 Å². The van der Waals surface area contributed by atoms with E-state index in [4.69, 9.17) is 19.4 Å². The highest BCUT2D eigenvalue weighted by Gasteiger charge is 2.24.